The summed E-state index contributed by atoms with van der Waals surface area (Å²) in [5.74, 6) is -0.941. The number of para-hydroxylation sites is 1. The maximum Gasteiger partial charge on any atom is 0.338 e. The van der Waals surface area contributed by atoms with Gasteiger partial charge in [-0.05, 0) is 48.4 Å². The third-order valence-electron chi connectivity index (χ3n) is 3.96. The van der Waals surface area contributed by atoms with Crippen molar-refractivity contribution >= 4 is 11.8 Å². The van der Waals surface area contributed by atoms with Crippen LogP contribution < -0.4 is 0 Å². The summed E-state index contributed by atoms with van der Waals surface area (Å²) in [5, 5.41) is 9.98. The van der Waals surface area contributed by atoms with E-state index in [9.17, 15) is 14.7 Å². The van der Waals surface area contributed by atoms with Crippen LogP contribution in [0, 0.1) is 0 Å². The van der Waals surface area contributed by atoms with Crippen molar-refractivity contribution in [2.45, 2.75) is 6.92 Å². The van der Waals surface area contributed by atoms with Crippen LogP contribution in [-0.2, 0) is 4.74 Å². The van der Waals surface area contributed by atoms with Gasteiger partial charge in [0.05, 0.1) is 17.7 Å². The lowest BCUT2D eigenvalue weighted by molar-refractivity contribution is 0.0526. The molecule has 0 aliphatic carbocycles. The highest BCUT2D eigenvalue weighted by molar-refractivity contribution is 6.12. The molecule has 0 aromatic heterocycles. The minimum atomic E-state index is -0.489. The van der Waals surface area contributed by atoms with Crippen molar-refractivity contribution in [2.24, 2.45) is 0 Å². The van der Waals surface area contributed by atoms with E-state index >= 15 is 0 Å². The Labute approximate surface area is 151 Å². The van der Waals surface area contributed by atoms with Crippen molar-refractivity contribution in [2.75, 3.05) is 6.61 Å². The van der Waals surface area contributed by atoms with Gasteiger partial charge in [0.25, 0.3) is 0 Å². The van der Waals surface area contributed by atoms with E-state index in [1.807, 2.05) is 30.3 Å². The molecule has 0 heterocycles. The zero-order chi connectivity index (χ0) is 18.5. The monoisotopic (exact) mass is 346 g/mol. The molecule has 0 unspecified atom stereocenters. The van der Waals surface area contributed by atoms with Crippen LogP contribution in [0.15, 0.2) is 72.8 Å². The van der Waals surface area contributed by atoms with E-state index in [1.54, 1.807) is 37.3 Å². The molecule has 0 amide bonds. The van der Waals surface area contributed by atoms with Gasteiger partial charge in [-0.2, -0.15) is 0 Å². The Bertz CT molecular complexity index is 945. The summed E-state index contributed by atoms with van der Waals surface area (Å²) >= 11 is 0. The van der Waals surface area contributed by atoms with Crippen LogP contribution in [0.3, 0.4) is 0 Å². The number of ether oxygens (including phenoxy) is 1. The van der Waals surface area contributed by atoms with Crippen LogP contribution in [0.2, 0.25) is 0 Å². The highest BCUT2D eigenvalue weighted by Gasteiger charge is 2.18. The predicted octanol–water partition coefficient (Wildman–Crippen LogP) is 4.47. The molecule has 1 N–H and O–H groups in total. The molecule has 3 rings (SSSR count). The molecular weight excluding hydrogens is 328 g/mol. The van der Waals surface area contributed by atoms with Gasteiger partial charge in [-0.1, -0.05) is 42.5 Å². The zero-order valence-corrected chi connectivity index (χ0v) is 14.3. The predicted molar refractivity (Wildman–Crippen MR) is 99.4 cm³/mol. The summed E-state index contributed by atoms with van der Waals surface area (Å²) in [7, 11) is 0. The van der Waals surface area contributed by atoms with Crippen LogP contribution >= 0.6 is 0 Å². The van der Waals surface area contributed by atoms with E-state index < -0.39 is 5.97 Å². The first-order valence-corrected chi connectivity index (χ1v) is 8.30. The molecular formula is C22H18O4. The van der Waals surface area contributed by atoms with Crippen molar-refractivity contribution < 1.29 is 19.4 Å². The largest absolute Gasteiger partial charge is 0.507 e. The molecule has 0 saturated heterocycles. The maximum absolute atomic E-state index is 12.9. The summed E-state index contributed by atoms with van der Waals surface area (Å²) in [6.45, 7) is 1.98. The Morgan fingerprint density at radius 3 is 2.19 bits per heavy atom. The number of phenolic OH excluding ortho intramolecular Hbond substituents is 1. The number of hydrogen-bond acceptors (Lipinski definition) is 4. The topological polar surface area (TPSA) is 63.6 Å². The van der Waals surface area contributed by atoms with E-state index in [2.05, 4.69) is 0 Å². The minimum Gasteiger partial charge on any atom is -0.507 e. The molecule has 0 saturated carbocycles. The lowest BCUT2D eigenvalue weighted by Gasteiger charge is -2.10. The van der Waals surface area contributed by atoms with E-state index in [-0.39, 0.29) is 23.7 Å². The Kier molecular flexibility index (Phi) is 5.13. The smallest absolute Gasteiger partial charge is 0.338 e. The van der Waals surface area contributed by atoms with Gasteiger partial charge in [0.1, 0.15) is 5.75 Å². The number of carbonyl (C=O) groups is 2. The van der Waals surface area contributed by atoms with Gasteiger partial charge < -0.3 is 9.84 Å². The average Bonchev–Trinajstić information content (AvgIpc) is 2.68. The summed E-state index contributed by atoms with van der Waals surface area (Å²) in [5.41, 5.74) is 2.41. The van der Waals surface area contributed by atoms with Crippen molar-refractivity contribution in [1.82, 2.24) is 0 Å². The van der Waals surface area contributed by atoms with Gasteiger partial charge in [-0.3, -0.25) is 4.79 Å². The number of hydrogen-bond donors (Lipinski definition) is 1. The fourth-order valence-corrected chi connectivity index (χ4v) is 2.71. The van der Waals surface area contributed by atoms with Crippen molar-refractivity contribution in [3.05, 3.63) is 89.5 Å². The SMILES string of the molecule is CCOC(=O)c1cc(C(=O)c2ccccc2O)cc(-c2ccccc2)c1. The van der Waals surface area contributed by atoms with E-state index in [1.165, 1.54) is 12.1 Å². The lowest BCUT2D eigenvalue weighted by atomic mass is 9.95. The van der Waals surface area contributed by atoms with Crippen LogP contribution in [-0.4, -0.2) is 23.5 Å². The number of phenols is 1. The second-order valence-electron chi connectivity index (χ2n) is 5.73. The first-order chi connectivity index (χ1) is 12.6. The Morgan fingerprint density at radius 2 is 1.50 bits per heavy atom. The normalized spacial score (nSPS) is 10.3. The molecule has 0 aliphatic rings. The molecule has 0 radical (unpaired) electrons. The van der Waals surface area contributed by atoms with Gasteiger partial charge in [-0.25, -0.2) is 4.79 Å². The minimum absolute atomic E-state index is 0.0969. The molecule has 130 valence electrons. The fraction of sp³-hybridized carbons (Fsp3) is 0.0909. The molecule has 0 bridgehead atoms. The van der Waals surface area contributed by atoms with Gasteiger partial charge in [-0.15, -0.1) is 0 Å². The fourth-order valence-electron chi connectivity index (χ4n) is 2.71. The summed E-state index contributed by atoms with van der Waals surface area (Å²) in [6.07, 6.45) is 0. The quantitative estimate of drug-likeness (QED) is 0.547. The Hall–Kier alpha value is -3.40. The van der Waals surface area contributed by atoms with Crippen LogP contribution in [0.4, 0.5) is 0 Å². The van der Waals surface area contributed by atoms with Gasteiger partial charge in [0.2, 0.25) is 0 Å². The van der Waals surface area contributed by atoms with Crippen molar-refractivity contribution in [1.29, 1.82) is 0 Å². The lowest BCUT2D eigenvalue weighted by Crippen LogP contribution is -2.08. The standard InChI is InChI=1S/C22H18O4/c1-2-26-22(25)18-13-16(15-8-4-3-5-9-15)12-17(14-18)21(24)19-10-6-7-11-20(19)23/h3-14,23H,2H2,1H3. The van der Waals surface area contributed by atoms with Crippen molar-refractivity contribution in [3.8, 4) is 16.9 Å². The molecule has 0 aliphatic heterocycles. The highest BCUT2D eigenvalue weighted by atomic mass is 16.5. The Balaban J connectivity index is 2.12. The first kappa shape index (κ1) is 17.4. The van der Waals surface area contributed by atoms with Crippen LogP contribution in [0.25, 0.3) is 11.1 Å². The van der Waals surface area contributed by atoms with Gasteiger partial charge in [0.15, 0.2) is 5.78 Å². The van der Waals surface area contributed by atoms with E-state index in [4.69, 9.17) is 4.74 Å². The average molecular weight is 346 g/mol. The number of benzene rings is 3. The molecule has 3 aromatic rings. The maximum atomic E-state index is 12.9. The second kappa shape index (κ2) is 7.66. The van der Waals surface area contributed by atoms with Gasteiger partial charge in [0, 0.05) is 5.56 Å². The number of carbonyl (C=O) groups excluding carboxylic acids is 2. The molecule has 3 aromatic carbocycles. The zero-order valence-electron chi connectivity index (χ0n) is 14.3. The number of rotatable bonds is 5. The first-order valence-electron chi connectivity index (χ1n) is 8.30. The summed E-state index contributed by atoms with van der Waals surface area (Å²) < 4.78 is 5.08. The number of esters is 1. The highest BCUT2D eigenvalue weighted by Crippen LogP contribution is 2.26. The third-order valence-corrected chi connectivity index (χ3v) is 3.96. The Morgan fingerprint density at radius 1 is 0.846 bits per heavy atom. The molecule has 0 fully saturated rings. The number of ketones is 1. The molecule has 4 heteroatoms. The molecule has 4 nitrogen and oxygen atoms in total. The summed E-state index contributed by atoms with van der Waals surface area (Å²) in [4.78, 5) is 25.1. The summed E-state index contributed by atoms with van der Waals surface area (Å²) in [6, 6.07) is 20.7. The van der Waals surface area contributed by atoms with Gasteiger partial charge >= 0.3 is 5.97 Å². The van der Waals surface area contributed by atoms with Crippen LogP contribution in [0.5, 0.6) is 5.75 Å². The molecule has 0 spiro atoms. The van der Waals surface area contributed by atoms with E-state index in [0.29, 0.717) is 11.1 Å². The molecule has 26 heavy (non-hydrogen) atoms. The van der Waals surface area contributed by atoms with E-state index in [0.717, 1.165) is 11.1 Å². The third kappa shape index (κ3) is 3.64. The second-order valence-corrected chi connectivity index (χ2v) is 5.73. The van der Waals surface area contributed by atoms with Crippen molar-refractivity contribution in [3.63, 3.8) is 0 Å². The molecule has 0 atom stereocenters. The van der Waals surface area contributed by atoms with Crippen LogP contribution in [0.1, 0.15) is 33.2 Å². The number of aromatic hydroxyl groups is 1.